The van der Waals surface area contributed by atoms with Gasteiger partial charge in [-0.15, -0.1) is 5.10 Å². The minimum Gasteiger partial charge on any atom is -0.367 e. The molecule has 10 nitrogen and oxygen atoms in total. The third kappa shape index (κ3) is 5.15. The number of aromatic nitrogens is 4. The van der Waals surface area contributed by atoms with Gasteiger partial charge in [0.25, 0.3) is 17.4 Å². The van der Waals surface area contributed by atoms with E-state index in [1.807, 2.05) is 0 Å². The van der Waals surface area contributed by atoms with Gasteiger partial charge < -0.3 is 20.1 Å². The molecule has 12 heteroatoms. The summed E-state index contributed by atoms with van der Waals surface area (Å²) in [7, 11) is 0. The maximum Gasteiger partial charge on any atom is 0.289 e. The van der Waals surface area contributed by atoms with Crippen LogP contribution in [0.5, 0.6) is 0 Å². The largest absolute Gasteiger partial charge is 0.367 e. The molecule has 0 radical (unpaired) electrons. The molecule has 0 spiro atoms. The lowest BCUT2D eigenvalue weighted by Crippen LogP contribution is -2.57. The Labute approximate surface area is 199 Å². The van der Waals surface area contributed by atoms with E-state index in [0.29, 0.717) is 35.5 Å². The van der Waals surface area contributed by atoms with Gasteiger partial charge in [0.1, 0.15) is 11.6 Å². The van der Waals surface area contributed by atoms with Crippen LogP contribution in [0, 0.1) is 12.8 Å². The number of carbonyl (C=O) groups is 1. The zero-order valence-corrected chi connectivity index (χ0v) is 19.1. The lowest BCUT2D eigenvalue weighted by Gasteiger charge is -2.39. The van der Waals surface area contributed by atoms with Gasteiger partial charge in [0.05, 0.1) is 30.7 Å². The number of amides is 1. The van der Waals surface area contributed by atoms with Crippen LogP contribution in [0.15, 0.2) is 45.8 Å². The molecule has 2 aliphatic rings. The van der Waals surface area contributed by atoms with Crippen LogP contribution in [-0.2, 0) is 0 Å². The molecule has 0 bridgehead atoms. The SMILES string of the molecule is Cc1cc(C(=O)NC[C@@H]2CC[C@H](Nc3ccc(-n4nc(N5CC(F)(F)C5)ccc4=O)cn3)C2)on1. The van der Waals surface area contributed by atoms with E-state index < -0.39 is 19.0 Å². The monoisotopic (exact) mass is 485 g/mol. The molecule has 4 heterocycles. The van der Waals surface area contributed by atoms with Gasteiger partial charge >= 0.3 is 0 Å². The van der Waals surface area contributed by atoms with E-state index in [1.165, 1.54) is 23.2 Å². The number of pyridine rings is 1. The van der Waals surface area contributed by atoms with Crippen LogP contribution >= 0.6 is 0 Å². The topological polar surface area (TPSA) is 118 Å². The maximum absolute atomic E-state index is 13.2. The number of anilines is 2. The molecule has 3 aromatic rings. The van der Waals surface area contributed by atoms with E-state index in [-0.39, 0.29) is 23.3 Å². The number of hydrogen-bond acceptors (Lipinski definition) is 8. The van der Waals surface area contributed by atoms with Gasteiger partial charge in [-0.25, -0.2) is 13.8 Å². The third-order valence-electron chi connectivity index (χ3n) is 6.24. The van der Waals surface area contributed by atoms with Gasteiger partial charge in [0, 0.05) is 24.7 Å². The fourth-order valence-corrected chi connectivity index (χ4v) is 4.42. The van der Waals surface area contributed by atoms with Crippen LogP contribution < -0.4 is 21.1 Å². The van der Waals surface area contributed by atoms with Crippen molar-refractivity contribution in [3.63, 3.8) is 0 Å². The highest BCUT2D eigenvalue weighted by molar-refractivity contribution is 5.91. The average Bonchev–Trinajstić information content (AvgIpc) is 3.46. The molecular weight excluding hydrogens is 460 g/mol. The van der Waals surface area contributed by atoms with Gasteiger partial charge in [0.2, 0.25) is 5.76 Å². The predicted octanol–water partition coefficient (Wildman–Crippen LogP) is 2.39. The molecule has 1 aliphatic heterocycles. The van der Waals surface area contributed by atoms with Crippen molar-refractivity contribution in [2.24, 2.45) is 5.92 Å². The van der Waals surface area contributed by atoms with E-state index in [9.17, 15) is 18.4 Å². The minimum absolute atomic E-state index is 0.208. The molecule has 0 aromatic carbocycles. The van der Waals surface area contributed by atoms with Crippen molar-refractivity contribution in [3.05, 3.63) is 58.3 Å². The lowest BCUT2D eigenvalue weighted by molar-refractivity contribution is -0.0268. The molecule has 35 heavy (non-hydrogen) atoms. The number of nitrogens with one attached hydrogen (secondary N) is 2. The van der Waals surface area contributed by atoms with Crippen LogP contribution in [0.4, 0.5) is 20.4 Å². The zero-order valence-electron chi connectivity index (χ0n) is 19.1. The third-order valence-corrected chi connectivity index (χ3v) is 6.24. The predicted molar refractivity (Wildman–Crippen MR) is 123 cm³/mol. The molecule has 184 valence electrons. The second-order valence-electron chi connectivity index (χ2n) is 9.12. The molecule has 1 saturated carbocycles. The summed E-state index contributed by atoms with van der Waals surface area (Å²) < 4.78 is 32.5. The summed E-state index contributed by atoms with van der Waals surface area (Å²) in [5, 5.41) is 14.2. The second-order valence-corrected chi connectivity index (χ2v) is 9.12. The first-order valence-corrected chi connectivity index (χ1v) is 11.4. The van der Waals surface area contributed by atoms with Crippen LogP contribution in [0.3, 0.4) is 0 Å². The summed E-state index contributed by atoms with van der Waals surface area (Å²) >= 11 is 0. The van der Waals surface area contributed by atoms with Gasteiger partial charge in [-0.05, 0) is 50.3 Å². The Hall–Kier alpha value is -3.83. The average molecular weight is 485 g/mol. The fourth-order valence-electron chi connectivity index (χ4n) is 4.42. The normalized spacial score (nSPS) is 20.9. The highest BCUT2D eigenvalue weighted by atomic mass is 19.3. The van der Waals surface area contributed by atoms with Gasteiger partial charge in [0.15, 0.2) is 0 Å². The summed E-state index contributed by atoms with van der Waals surface area (Å²) in [4.78, 5) is 30.2. The Morgan fingerprint density at radius 2 is 2.06 bits per heavy atom. The first-order valence-electron chi connectivity index (χ1n) is 11.4. The van der Waals surface area contributed by atoms with E-state index in [0.717, 1.165) is 23.9 Å². The van der Waals surface area contributed by atoms with Crippen LogP contribution in [0.1, 0.15) is 35.5 Å². The summed E-state index contributed by atoms with van der Waals surface area (Å²) in [6, 6.07) is 8.04. The van der Waals surface area contributed by atoms with Gasteiger partial charge in [-0.3, -0.25) is 9.59 Å². The number of hydrogen-bond donors (Lipinski definition) is 2. The first kappa shape index (κ1) is 22.9. The molecule has 0 unspecified atom stereocenters. The number of halogens is 2. The molecule has 3 aromatic heterocycles. The molecule has 1 saturated heterocycles. The molecule has 2 fully saturated rings. The quantitative estimate of drug-likeness (QED) is 0.524. The van der Waals surface area contributed by atoms with Crippen LogP contribution in [0.2, 0.25) is 0 Å². The standard InChI is InChI=1S/C23H25F2N7O3/c1-14-8-18(35-30-14)22(34)27-10-15-2-3-16(9-15)28-19-5-4-17(11-26-19)32-21(33)7-6-20(29-32)31-12-23(24,25)13-31/h4-8,11,15-16H,2-3,9-10,12-13H2,1H3,(H,26,28)(H,27,34)/t15-,16+/m1/s1. The molecule has 2 atom stereocenters. The second kappa shape index (κ2) is 9.08. The number of alkyl halides is 2. The Bertz CT molecular complexity index is 1270. The molecule has 2 N–H and O–H groups in total. The lowest BCUT2D eigenvalue weighted by atomic mass is 10.1. The molecule has 5 rings (SSSR count). The number of aryl methyl sites for hydroxylation is 1. The first-order chi connectivity index (χ1) is 16.8. The van der Waals surface area contributed by atoms with Crippen LogP contribution in [-0.4, -0.2) is 57.4 Å². The maximum atomic E-state index is 13.2. The van der Waals surface area contributed by atoms with E-state index in [4.69, 9.17) is 4.52 Å². The minimum atomic E-state index is -2.72. The van der Waals surface area contributed by atoms with Crippen molar-refractivity contribution in [2.45, 2.75) is 38.2 Å². The number of nitrogens with zero attached hydrogens (tertiary/aromatic N) is 5. The Morgan fingerprint density at radius 3 is 2.74 bits per heavy atom. The van der Waals surface area contributed by atoms with Gasteiger partial charge in [-0.1, -0.05) is 5.16 Å². The fraction of sp³-hybridized carbons (Fsp3) is 0.435. The Morgan fingerprint density at radius 1 is 1.23 bits per heavy atom. The summed E-state index contributed by atoms with van der Waals surface area (Å²) in [5.41, 5.74) is 0.738. The van der Waals surface area contributed by atoms with Crippen LogP contribution in [0.25, 0.3) is 5.69 Å². The van der Waals surface area contributed by atoms with E-state index >= 15 is 0 Å². The van der Waals surface area contributed by atoms with Crippen molar-refractivity contribution in [1.29, 1.82) is 0 Å². The summed E-state index contributed by atoms with van der Waals surface area (Å²) in [5.74, 6) is -1.47. The summed E-state index contributed by atoms with van der Waals surface area (Å²) in [6.45, 7) is 1.49. The van der Waals surface area contributed by atoms with E-state index in [2.05, 4.69) is 25.9 Å². The Kier molecular flexibility index (Phi) is 5.95. The zero-order chi connectivity index (χ0) is 24.6. The van der Waals surface area contributed by atoms with Gasteiger partial charge in [-0.2, -0.15) is 4.68 Å². The molecule has 1 amide bonds. The number of carbonyl (C=O) groups excluding carboxylic acids is 1. The molecule has 1 aliphatic carbocycles. The van der Waals surface area contributed by atoms with E-state index in [1.54, 1.807) is 25.1 Å². The van der Waals surface area contributed by atoms with Crippen molar-refractivity contribution >= 4 is 17.5 Å². The summed E-state index contributed by atoms with van der Waals surface area (Å²) in [6.07, 6.45) is 4.31. The smallest absolute Gasteiger partial charge is 0.289 e. The Balaban J connectivity index is 1.15. The number of rotatable bonds is 7. The van der Waals surface area contributed by atoms with Crippen molar-refractivity contribution in [3.8, 4) is 5.69 Å². The highest BCUT2D eigenvalue weighted by Crippen LogP contribution is 2.30. The molecular formula is C23H25F2N7O3. The van der Waals surface area contributed by atoms with Crippen molar-refractivity contribution in [1.82, 2.24) is 25.2 Å². The highest BCUT2D eigenvalue weighted by Gasteiger charge is 2.44. The van der Waals surface area contributed by atoms with Crippen molar-refractivity contribution in [2.75, 3.05) is 29.9 Å². The van der Waals surface area contributed by atoms with Crippen molar-refractivity contribution < 1.29 is 18.1 Å².